The van der Waals surface area contributed by atoms with Gasteiger partial charge in [0.2, 0.25) is 0 Å². The Kier molecular flexibility index (Phi) is 17.5. The molecule has 0 bridgehead atoms. The van der Waals surface area contributed by atoms with Gasteiger partial charge in [-0.25, -0.2) is 8.78 Å². The molecular formula is C19H35F2N3O3. The van der Waals surface area contributed by atoms with E-state index < -0.39 is 13.3 Å². The van der Waals surface area contributed by atoms with Crippen molar-refractivity contribution >= 4 is 5.78 Å². The second kappa shape index (κ2) is 18.2. The minimum Gasteiger partial charge on any atom is -0.377 e. The molecule has 8 heteroatoms. The maximum atomic E-state index is 11.7. The van der Waals surface area contributed by atoms with E-state index in [4.69, 9.17) is 15.7 Å². The highest BCUT2D eigenvalue weighted by Gasteiger charge is 2.32. The third kappa shape index (κ3) is 14.6. The second-order valence-corrected chi connectivity index (χ2v) is 6.46. The van der Waals surface area contributed by atoms with E-state index in [-0.39, 0.29) is 18.8 Å². The average Bonchev–Trinajstić information content (AvgIpc) is 3.35. The van der Waals surface area contributed by atoms with Gasteiger partial charge in [-0.05, 0) is 25.7 Å². The monoisotopic (exact) mass is 391 g/mol. The van der Waals surface area contributed by atoms with Crippen molar-refractivity contribution in [3.8, 4) is 6.07 Å². The summed E-state index contributed by atoms with van der Waals surface area (Å²) in [5.41, 5.74) is 4.69. The smallest absolute Gasteiger partial charge is 0.132 e. The molecule has 0 saturated heterocycles. The fourth-order valence-corrected chi connectivity index (χ4v) is 2.84. The Labute approximate surface area is 161 Å². The summed E-state index contributed by atoms with van der Waals surface area (Å²) in [7, 11) is 0. The molecular weight excluding hydrogens is 356 g/mol. The summed E-state index contributed by atoms with van der Waals surface area (Å²) < 4.78 is 32.4. The number of ketones is 1. The number of nitrogens with zero attached hydrogens (tertiary/aromatic N) is 1. The highest BCUT2D eigenvalue weighted by Crippen LogP contribution is 2.28. The van der Waals surface area contributed by atoms with Gasteiger partial charge in [0, 0.05) is 25.9 Å². The summed E-state index contributed by atoms with van der Waals surface area (Å²) in [6, 6.07) is 2.33. The van der Waals surface area contributed by atoms with Crippen molar-refractivity contribution in [2.24, 2.45) is 5.73 Å². The Hall–Kier alpha value is -1.14. The first-order chi connectivity index (χ1) is 13.1. The number of nitrogens with two attached hydrogens (primary N) is 1. The van der Waals surface area contributed by atoms with Crippen molar-refractivity contribution in [2.45, 2.75) is 56.9 Å². The average molecular weight is 392 g/mol. The van der Waals surface area contributed by atoms with Crippen LogP contribution in [0, 0.1) is 11.3 Å². The lowest BCUT2D eigenvalue weighted by Gasteiger charge is -2.21. The predicted octanol–water partition coefficient (Wildman–Crippen LogP) is 2.46. The lowest BCUT2D eigenvalue weighted by Crippen LogP contribution is -2.42. The number of halogens is 2. The van der Waals surface area contributed by atoms with E-state index in [0.29, 0.717) is 32.1 Å². The quantitative estimate of drug-likeness (QED) is 0.555. The molecule has 27 heavy (non-hydrogen) atoms. The lowest BCUT2D eigenvalue weighted by molar-refractivity contribution is -0.117. The van der Waals surface area contributed by atoms with Gasteiger partial charge in [-0.2, -0.15) is 5.26 Å². The molecule has 0 atom stereocenters. The summed E-state index contributed by atoms with van der Waals surface area (Å²) >= 11 is 0. The molecule has 0 radical (unpaired) electrons. The zero-order chi connectivity index (χ0) is 20.2. The van der Waals surface area contributed by atoms with E-state index in [2.05, 4.69) is 16.1 Å². The summed E-state index contributed by atoms with van der Waals surface area (Å²) in [6.45, 7) is 1.52. The molecule has 0 aliphatic heterocycles. The summed E-state index contributed by atoms with van der Waals surface area (Å²) in [6.07, 6.45) is 8.05. The fourth-order valence-electron chi connectivity index (χ4n) is 2.84. The van der Waals surface area contributed by atoms with Crippen LogP contribution in [0.4, 0.5) is 8.78 Å². The zero-order valence-corrected chi connectivity index (χ0v) is 16.3. The maximum absolute atomic E-state index is 11.7. The first kappa shape index (κ1) is 25.9. The van der Waals surface area contributed by atoms with Crippen molar-refractivity contribution < 1.29 is 23.0 Å². The minimum absolute atomic E-state index is 0.154. The van der Waals surface area contributed by atoms with Gasteiger partial charge in [0.1, 0.15) is 24.7 Å². The largest absolute Gasteiger partial charge is 0.377 e. The molecule has 2 rings (SSSR count). The van der Waals surface area contributed by atoms with Crippen molar-refractivity contribution in [3.63, 3.8) is 0 Å². The Morgan fingerprint density at radius 3 is 1.96 bits per heavy atom. The van der Waals surface area contributed by atoms with Crippen LogP contribution in [0.2, 0.25) is 0 Å². The summed E-state index contributed by atoms with van der Waals surface area (Å²) in [5.74, 6) is 0.454. The maximum Gasteiger partial charge on any atom is 0.132 e. The van der Waals surface area contributed by atoms with Crippen molar-refractivity contribution in [1.29, 1.82) is 5.26 Å². The zero-order valence-electron chi connectivity index (χ0n) is 16.3. The number of hydrogen-bond acceptors (Lipinski definition) is 6. The molecule has 0 aromatic carbocycles. The fraction of sp³-hybridized carbons (Fsp3) is 0.895. The van der Waals surface area contributed by atoms with Crippen LogP contribution >= 0.6 is 0 Å². The van der Waals surface area contributed by atoms with Crippen LogP contribution in [0.3, 0.4) is 0 Å². The Bertz CT molecular complexity index is 388. The van der Waals surface area contributed by atoms with Crippen LogP contribution in [0.1, 0.15) is 51.4 Å². The van der Waals surface area contributed by atoms with Crippen molar-refractivity contribution in [2.75, 3.05) is 52.9 Å². The Morgan fingerprint density at radius 1 is 1.00 bits per heavy atom. The summed E-state index contributed by atoms with van der Waals surface area (Å²) in [5, 5.41) is 12.2. The van der Waals surface area contributed by atoms with Gasteiger partial charge in [-0.15, -0.1) is 0 Å². The van der Waals surface area contributed by atoms with Crippen molar-refractivity contribution in [1.82, 2.24) is 5.32 Å². The highest BCUT2D eigenvalue weighted by molar-refractivity contribution is 5.80. The number of nitrogens with one attached hydrogen (secondary N) is 1. The van der Waals surface area contributed by atoms with Gasteiger partial charge >= 0.3 is 0 Å². The molecule has 0 heterocycles. The van der Waals surface area contributed by atoms with Gasteiger partial charge in [0.05, 0.1) is 32.5 Å². The summed E-state index contributed by atoms with van der Waals surface area (Å²) in [4.78, 5) is 10.2. The molecule has 0 aromatic rings. The van der Waals surface area contributed by atoms with Crippen LogP contribution in [0.15, 0.2) is 0 Å². The first-order valence-electron chi connectivity index (χ1n) is 9.79. The van der Waals surface area contributed by atoms with E-state index in [1.54, 1.807) is 0 Å². The molecule has 0 unspecified atom stereocenters. The minimum atomic E-state index is -0.441. The number of carbonyl (C=O) groups is 1. The lowest BCUT2D eigenvalue weighted by atomic mass is 10.0. The van der Waals surface area contributed by atoms with Crippen LogP contribution in [0.5, 0.6) is 0 Å². The number of nitriles is 1. The molecule has 2 saturated carbocycles. The van der Waals surface area contributed by atoms with Gasteiger partial charge < -0.3 is 15.2 Å². The Balaban J connectivity index is 0.000000432. The van der Waals surface area contributed by atoms with Crippen molar-refractivity contribution in [3.05, 3.63) is 0 Å². The number of hydrogen-bond donors (Lipinski definition) is 2. The van der Waals surface area contributed by atoms with Crippen LogP contribution in [0.25, 0.3) is 0 Å². The van der Waals surface area contributed by atoms with E-state index in [9.17, 15) is 13.6 Å². The van der Waals surface area contributed by atoms with Gasteiger partial charge in [0.25, 0.3) is 0 Å². The van der Waals surface area contributed by atoms with Gasteiger partial charge in [-0.1, -0.05) is 12.8 Å². The number of alkyl halides is 2. The SMILES string of the molecule is N#CC1(NCCOCCF)CCCC1.NCCOCCF.O=C1CCCC1. The number of carbonyl (C=O) groups excluding carboxylic acids is 1. The molecule has 3 N–H and O–H groups in total. The first-order valence-corrected chi connectivity index (χ1v) is 9.79. The molecule has 158 valence electrons. The molecule has 2 aliphatic rings. The third-order valence-corrected chi connectivity index (χ3v) is 4.25. The predicted molar refractivity (Wildman–Crippen MR) is 101 cm³/mol. The van der Waals surface area contributed by atoms with Gasteiger partial charge in [0.15, 0.2) is 0 Å². The molecule has 2 fully saturated rings. The Morgan fingerprint density at radius 2 is 1.56 bits per heavy atom. The molecule has 0 aromatic heterocycles. The van der Waals surface area contributed by atoms with Crippen LogP contribution < -0.4 is 11.1 Å². The van der Waals surface area contributed by atoms with Crippen LogP contribution in [-0.2, 0) is 14.3 Å². The molecule has 2 aliphatic carbocycles. The highest BCUT2D eigenvalue weighted by atomic mass is 19.1. The third-order valence-electron chi connectivity index (χ3n) is 4.25. The number of rotatable bonds is 10. The molecule has 6 nitrogen and oxygen atoms in total. The molecule has 0 spiro atoms. The van der Waals surface area contributed by atoms with E-state index in [0.717, 1.165) is 51.4 Å². The van der Waals surface area contributed by atoms with E-state index in [1.807, 2.05) is 0 Å². The molecule has 0 amide bonds. The van der Waals surface area contributed by atoms with Crippen LogP contribution in [-0.4, -0.2) is 64.2 Å². The number of ether oxygens (including phenoxy) is 2. The van der Waals surface area contributed by atoms with E-state index in [1.165, 1.54) is 0 Å². The number of Topliss-reactive ketones (excluding diaryl/α,β-unsaturated/α-hetero) is 1. The normalized spacial score (nSPS) is 17.5. The topological polar surface area (TPSA) is 97.4 Å². The van der Waals surface area contributed by atoms with Gasteiger partial charge in [-0.3, -0.25) is 10.1 Å². The standard InChI is InChI=1S/C10H17FN2O.C5H8O.C4H10FNO/c11-5-7-14-8-6-13-10(9-12)3-1-2-4-10;6-5-3-1-2-4-5;5-1-3-7-4-2-6/h13H,1-8H2;1-4H2;1-4,6H2. The van der Waals surface area contributed by atoms with E-state index >= 15 is 0 Å². The second-order valence-electron chi connectivity index (χ2n) is 6.46.